The Morgan fingerprint density at radius 2 is 2.27 bits per heavy atom. The van der Waals surface area contributed by atoms with Crippen LogP contribution in [0.4, 0.5) is 0 Å². The molecule has 3 rings (SSSR count). The first-order valence-corrected chi connectivity index (χ1v) is 9.30. The molecule has 5 nitrogen and oxygen atoms in total. The highest BCUT2D eigenvalue weighted by Gasteiger charge is 2.35. The van der Waals surface area contributed by atoms with Gasteiger partial charge in [-0.05, 0) is 44.4 Å². The van der Waals surface area contributed by atoms with E-state index in [1.54, 1.807) is 27.2 Å². The van der Waals surface area contributed by atoms with Crippen molar-refractivity contribution in [3.8, 4) is 0 Å². The van der Waals surface area contributed by atoms with Gasteiger partial charge in [-0.15, -0.1) is 0 Å². The van der Waals surface area contributed by atoms with Crippen LogP contribution in [-0.2, 0) is 16.0 Å². The highest BCUT2D eigenvalue weighted by Crippen LogP contribution is 2.29. The molecule has 1 aliphatic heterocycles. The van der Waals surface area contributed by atoms with Gasteiger partial charge in [0.15, 0.2) is 5.89 Å². The van der Waals surface area contributed by atoms with E-state index in [1.165, 1.54) is 0 Å². The zero-order valence-electron chi connectivity index (χ0n) is 15.5. The summed E-state index contributed by atoms with van der Waals surface area (Å²) in [4.78, 5) is 19.0. The van der Waals surface area contributed by atoms with Gasteiger partial charge in [0.25, 0.3) is 5.91 Å². The van der Waals surface area contributed by atoms with E-state index < -0.39 is 5.60 Å². The van der Waals surface area contributed by atoms with Crippen LogP contribution in [0.15, 0.2) is 34.9 Å². The lowest BCUT2D eigenvalue weighted by Gasteiger charge is -2.36. The first kappa shape index (κ1) is 18.9. The van der Waals surface area contributed by atoms with Crippen molar-refractivity contribution in [3.05, 3.63) is 52.7 Å². The van der Waals surface area contributed by atoms with Crippen molar-refractivity contribution in [1.82, 2.24) is 9.88 Å². The van der Waals surface area contributed by atoms with Crippen molar-refractivity contribution in [1.29, 1.82) is 0 Å². The van der Waals surface area contributed by atoms with Crippen LogP contribution < -0.4 is 0 Å². The summed E-state index contributed by atoms with van der Waals surface area (Å²) in [6, 6.07) is 7.72. The summed E-state index contributed by atoms with van der Waals surface area (Å²) >= 11 is 6.04. The molecule has 0 bridgehead atoms. The lowest BCUT2D eigenvalue weighted by Crippen LogP contribution is -2.49. The number of nitrogens with zero attached hydrogens (tertiary/aromatic N) is 2. The minimum absolute atomic E-state index is 0.00964. The Morgan fingerprint density at radius 3 is 3.00 bits per heavy atom. The van der Waals surface area contributed by atoms with E-state index in [2.05, 4.69) is 4.98 Å². The molecule has 26 heavy (non-hydrogen) atoms. The maximum atomic E-state index is 12.6. The number of likely N-dealkylation sites (tertiary alicyclic amines) is 1. The quantitative estimate of drug-likeness (QED) is 0.789. The van der Waals surface area contributed by atoms with E-state index in [9.17, 15) is 4.79 Å². The topological polar surface area (TPSA) is 55.6 Å². The second-order valence-electron chi connectivity index (χ2n) is 7.28. The Balaban J connectivity index is 1.68. The van der Waals surface area contributed by atoms with Crippen molar-refractivity contribution in [3.63, 3.8) is 0 Å². The Hall–Kier alpha value is -1.85. The number of aromatic nitrogens is 1. The molecule has 1 aromatic heterocycles. The molecule has 0 spiro atoms. The second kappa shape index (κ2) is 7.80. The summed E-state index contributed by atoms with van der Waals surface area (Å²) in [7, 11) is 1.57. The minimum Gasteiger partial charge on any atom is -0.445 e. The molecule has 0 N–H and O–H groups in total. The van der Waals surface area contributed by atoms with Gasteiger partial charge in [-0.3, -0.25) is 4.79 Å². The first-order valence-electron chi connectivity index (χ1n) is 8.92. The predicted octanol–water partition coefficient (Wildman–Crippen LogP) is 4.05. The smallest absolute Gasteiger partial charge is 0.254 e. The van der Waals surface area contributed by atoms with Gasteiger partial charge >= 0.3 is 0 Å². The minimum atomic E-state index is -0.809. The normalized spacial score (nSPS) is 18.2. The summed E-state index contributed by atoms with van der Waals surface area (Å²) in [5, 5.41) is 0.712. The maximum Gasteiger partial charge on any atom is 0.254 e. The van der Waals surface area contributed by atoms with Crippen LogP contribution in [0.25, 0.3) is 0 Å². The lowest BCUT2D eigenvalue weighted by atomic mass is 9.96. The fraction of sp³-hybridized carbons (Fsp3) is 0.500. The molecule has 2 aromatic rings. The Bertz CT molecular complexity index is 772. The van der Waals surface area contributed by atoms with Gasteiger partial charge in [-0.25, -0.2) is 4.98 Å². The van der Waals surface area contributed by atoms with E-state index in [1.807, 2.05) is 29.2 Å². The van der Waals surface area contributed by atoms with Crippen molar-refractivity contribution >= 4 is 17.5 Å². The van der Waals surface area contributed by atoms with Crippen molar-refractivity contribution in [2.45, 2.75) is 44.6 Å². The largest absolute Gasteiger partial charge is 0.445 e. The van der Waals surface area contributed by atoms with Crippen molar-refractivity contribution in [2.75, 3.05) is 20.2 Å². The van der Waals surface area contributed by atoms with Crippen LogP contribution in [0.3, 0.4) is 0 Å². The van der Waals surface area contributed by atoms with Gasteiger partial charge in [0.1, 0.15) is 11.4 Å². The monoisotopic (exact) mass is 376 g/mol. The van der Waals surface area contributed by atoms with Gasteiger partial charge in [0.05, 0.1) is 12.1 Å². The molecule has 1 unspecified atom stereocenters. The molecule has 1 saturated heterocycles. The molecule has 0 saturated carbocycles. The number of amides is 1. The van der Waals surface area contributed by atoms with Crippen LogP contribution in [0.1, 0.15) is 49.8 Å². The summed E-state index contributed by atoms with van der Waals surface area (Å²) in [5.41, 5.74) is 0.276. The number of halogens is 1. The van der Waals surface area contributed by atoms with Gasteiger partial charge in [-0.1, -0.05) is 23.7 Å². The van der Waals surface area contributed by atoms with E-state index in [0.717, 1.165) is 30.7 Å². The number of piperidine rings is 1. The maximum absolute atomic E-state index is 12.6. The molecule has 1 amide bonds. The number of carbonyl (C=O) groups is 1. The number of benzene rings is 1. The van der Waals surface area contributed by atoms with Crippen LogP contribution in [0.5, 0.6) is 0 Å². The third kappa shape index (κ3) is 4.27. The Morgan fingerprint density at radius 1 is 1.46 bits per heavy atom. The molecule has 1 aliphatic rings. The van der Waals surface area contributed by atoms with Crippen molar-refractivity contribution < 1.29 is 13.9 Å². The zero-order valence-corrected chi connectivity index (χ0v) is 16.3. The second-order valence-corrected chi connectivity index (χ2v) is 7.71. The molecule has 1 atom stereocenters. The fourth-order valence-corrected chi connectivity index (χ4v) is 3.49. The highest BCUT2D eigenvalue weighted by molar-refractivity contribution is 6.30. The fourth-order valence-electron chi connectivity index (χ4n) is 3.27. The molecule has 1 aromatic carbocycles. The van der Waals surface area contributed by atoms with E-state index in [0.29, 0.717) is 23.9 Å². The number of carbonyl (C=O) groups excluding carboxylic acids is 1. The molecule has 140 valence electrons. The van der Waals surface area contributed by atoms with E-state index in [-0.39, 0.29) is 11.8 Å². The third-order valence-corrected chi connectivity index (χ3v) is 5.16. The molecule has 0 aliphatic carbocycles. The van der Waals surface area contributed by atoms with E-state index >= 15 is 0 Å². The number of hydrogen-bond acceptors (Lipinski definition) is 4. The highest BCUT2D eigenvalue weighted by atomic mass is 35.5. The molecular weight excluding hydrogens is 352 g/mol. The summed E-state index contributed by atoms with van der Waals surface area (Å²) in [6.45, 7) is 4.96. The SMILES string of the molecule is COC(C)(C)C(=O)N1CCCC(c2ncc(Cc3cccc(Cl)c3)o2)C1. The first-order chi connectivity index (χ1) is 12.4. The molecule has 6 heteroatoms. The molecule has 1 fully saturated rings. The van der Waals surface area contributed by atoms with Crippen LogP contribution in [0, 0.1) is 0 Å². The Labute approximate surface area is 159 Å². The van der Waals surface area contributed by atoms with Crippen LogP contribution in [0.2, 0.25) is 5.02 Å². The van der Waals surface area contributed by atoms with E-state index in [4.69, 9.17) is 20.8 Å². The summed E-state index contributed by atoms with van der Waals surface area (Å²) in [5.74, 6) is 1.64. The standard InChI is InChI=1S/C20H25ClN2O3/c1-20(2,25-3)19(24)23-9-5-7-15(13-23)18-22-12-17(26-18)11-14-6-4-8-16(21)10-14/h4,6,8,10,12,15H,5,7,9,11,13H2,1-3H3. The third-order valence-electron chi connectivity index (χ3n) is 4.92. The molecule has 2 heterocycles. The summed E-state index contributed by atoms with van der Waals surface area (Å²) in [6.07, 6.45) is 4.33. The predicted molar refractivity (Wildman–Crippen MR) is 100 cm³/mol. The average Bonchev–Trinajstić information content (AvgIpc) is 3.09. The summed E-state index contributed by atoms with van der Waals surface area (Å²) < 4.78 is 11.3. The van der Waals surface area contributed by atoms with Gasteiger partial charge in [-0.2, -0.15) is 0 Å². The number of hydrogen-bond donors (Lipinski definition) is 0. The molecule has 0 radical (unpaired) electrons. The van der Waals surface area contributed by atoms with Gasteiger partial charge in [0.2, 0.25) is 0 Å². The number of ether oxygens (including phenoxy) is 1. The van der Waals surface area contributed by atoms with Gasteiger partial charge in [0, 0.05) is 31.6 Å². The molecular formula is C20H25ClN2O3. The van der Waals surface area contributed by atoms with Crippen LogP contribution in [-0.4, -0.2) is 41.6 Å². The van der Waals surface area contributed by atoms with Gasteiger partial charge < -0.3 is 14.1 Å². The number of methoxy groups -OCH3 is 1. The Kier molecular flexibility index (Phi) is 5.68. The van der Waals surface area contributed by atoms with Crippen molar-refractivity contribution in [2.24, 2.45) is 0 Å². The lowest BCUT2D eigenvalue weighted by molar-refractivity contribution is -0.152. The number of rotatable bonds is 5. The number of oxazole rings is 1. The zero-order chi connectivity index (χ0) is 18.7. The average molecular weight is 377 g/mol. The van der Waals surface area contributed by atoms with Crippen LogP contribution >= 0.6 is 11.6 Å².